The smallest absolute Gasteiger partial charge is 0.125 e. The van der Waals surface area contributed by atoms with Gasteiger partial charge in [-0.1, -0.05) is 20.3 Å². The first-order valence-corrected chi connectivity index (χ1v) is 6.39. The number of fused-ring (bicyclic) bond motifs is 1. The van der Waals surface area contributed by atoms with Crippen LogP contribution in [0.2, 0.25) is 0 Å². The summed E-state index contributed by atoms with van der Waals surface area (Å²) in [6.45, 7) is 5.15. The number of hydrogen-bond donors (Lipinski definition) is 0. The summed E-state index contributed by atoms with van der Waals surface area (Å²) in [4.78, 5) is 4.42. The molecular formula is C13H16ClFN2. The summed E-state index contributed by atoms with van der Waals surface area (Å²) in [5.74, 6) is 1.46. The molecule has 17 heavy (non-hydrogen) atoms. The number of benzene rings is 1. The fraction of sp³-hybridized carbons (Fsp3) is 0.462. The van der Waals surface area contributed by atoms with Crippen LogP contribution >= 0.6 is 11.6 Å². The summed E-state index contributed by atoms with van der Waals surface area (Å²) in [6.07, 6.45) is 1.08. The minimum atomic E-state index is -0.232. The summed E-state index contributed by atoms with van der Waals surface area (Å²) in [5, 5.41) is 0. The minimum absolute atomic E-state index is 0.232. The predicted octanol–water partition coefficient (Wildman–Crippen LogP) is 3.96. The minimum Gasteiger partial charge on any atom is -0.327 e. The third-order valence-electron chi connectivity index (χ3n) is 3.10. The molecular weight excluding hydrogens is 239 g/mol. The molecule has 92 valence electrons. The van der Waals surface area contributed by atoms with Gasteiger partial charge in [0, 0.05) is 6.54 Å². The van der Waals surface area contributed by atoms with E-state index in [4.69, 9.17) is 11.6 Å². The maximum absolute atomic E-state index is 13.3. The number of rotatable bonds is 4. The van der Waals surface area contributed by atoms with Crippen molar-refractivity contribution in [2.45, 2.75) is 32.7 Å². The number of aromatic nitrogens is 2. The highest BCUT2D eigenvalue weighted by Crippen LogP contribution is 2.21. The van der Waals surface area contributed by atoms with Crippen molar-refractivity contribution in [3.63, 3.8) is 0 Å². The van der Waals surface area contributed by atoms with Gasteiger partial charge in [0.05, 0.1) is 16.9 Å². The molecule has 2 nitrogen and oxygen atoms in total. The fourth-order valence-corrected chi connectivity index (χ4v) is 2.10. The van der Waals surface area contributed by atoms with Gasteiger partial charge < -0.3 is 4.57 Å². The fourth-order valence-electron chi connectivity index (χ4n) is 1.89. The second-order valence-electron chi connectivity index (χ2n) is 4.42. The van der Waals surface area contributed by atoms with E-state index in [1.807, 2.05) is 4.57 Å². The van der Waals surface area contributed by atoms with Gasteiger partial charge in [0.2, 0.25) is 0 Å². The van der Waals surface area contributed by atoms with Gasteiger partial charge in [-0.25, -0.2) is 9.37 Å². The van der Waals surface area contributed by atoms with Crippen molar-refractivity contribution in [1.29, 1.82) is 0 Å². The molecule has 2 aromatic rings. The van der Waals surface area contributed by atoms with Crippen molar-refractivity contribution in [2.24, 2.45) is 5.92 Å². The maximum atomic E-state index is 13.3. The van der Waals surface area contributed by atoms with Crippen LogP contribution < -0.4 is 0 Å². The summed E-state index contributed by atoms with van der Waals surface area (Å²) >= 11 is 5.89. The van der Waals surface area contributed by atoms with E-state index >= 15 is 0 Å². The zero-order valence-electron chi connectivity index (χ0n) is 10.1. The van der Waals surface area contributed by atoms with Gasteiger partial charge in [-0.2, -0.15) is 0 Å². The molecule has 1 unspecified atom stereocenters. The van der Waals surface area contributed by atoms with Crippen molar-refractivity contribution in [1.82, 2.24) is 9.55 Å². The van der Waals surface area contributed by atoms with Crippen LogP contribution in [-0.4, -0.2) is 9.55 Å². The Labute approximate surface area is 105 Å². The summed E-state index contributed by atoms with van der Waals surface area (Å²) in [7, 11) is 0. The van der Waals surface area contributed by atoms with Crippen LogP contribution in [0.1, 0.15) is 26.1 Å². The van der Waals surface area contributed by atoms with Crippen molar-refractivity contribution >= 4 is 22.6 Å². The number of halogens is 2. The molecule has 0 fully saturated rings. The molecule has 2 rings (SSSR count). The van der Waals surface area contributed by atoms with Crippen molar-refractivity contribution in [3.05, 3.63) is 29.8 Å². The third kappa shape index (κ3) is 2.44. The monoisotopic (exact) mass is 254 g/mol. The lowest BCUT2D eigenvalue weighted by atomic mass is 10.1. The molecule has 0 aliphatic carbocycles. The first kappa shape index (κ1) is 12.4. The zero-order chi connectivity index (χ0) is 12.4. The largest absolute Gasteiger partial charge is 0.327 e. The molecule has 0 aliphatic heterocycles. The van der Waals surface area contributed by atoms with E-state index in [1.54, 1.807) is 6.07 Å². The molecule has 1 aromatic heterocycles. The standard InChI is InChI=1S/C13H16ClFN2/c1-3-9(2)8-17-12-6-10(15)4-5-11(12)16-13(17)7-14/h4-6,9H,3,7-8H2,1-2H3. The Morgan fingerprint density at radius 2 is 2.24 bits per heavy atom. The number of alkyl halides is 1. The maximum Gasteiger partial charge on any atom is 0.125 e. The molecule has 0 bridgehead atoms. The van der Waals surface area contributed by atoms with Crippen molar-refractivity contribution in [3.8, 4) is 0 Å². The Hall–Kier alpha value is -1.09. The van der Waals surface area contributed by atoms with E-state index in [1.165, 1.54) is 12.1 Å². The van der Waals surface area contributed by atoms with E-state index in [0.29, 0.717) is 11.8 Å². The SMILES string of the molecule is CCC(C)Cn1c(CCl)nc2ccc(F)cc21. The Morgan fingerprint density at radius 3 is 2.88 bits per heavy atom. The van der Waals surface area contributed by atoms with Crippen molar-refractivity contribution < 1.29 is 4.39 Å². The molecule has 1 atom stereocenters. The number of imidazole rings is 1. The van der Waals surface area contributed by atoms with Crippen LogP contribution in [0.15, 0.2) is 18.2 Å². The van der Waals surface area contributed by atoms with Gasteiger partial charge in [-0.15, -0.1) is 11.6 Å². The van der Waals surface area contributed by atoms with E-state index in [2.05, 4.69) is 18.8 Å². The Morgan fingerprint density at radius 1 is 1.47 bits per heavy atom. The summed E-state index contributed by atoms with van der Waals surface area (Å²) in [6, 6.07) is 4.66. The molecule has 0 saturated heterocycles. The van der Waals surface area contributed by atoms with Gasteiger partial charge in [0.15, 0.2) is 0 Å². The first-order valence-electron chi connectivity index (χ1n) is 5.86. The molecule has 1 aromatic carbocycles. The van der Waals surface area contributed by atoms with Crippen LogP contribution in [0.3, 0.4) is 0 Å². The Bertz CT molecular complexity index is 521. The van der Waals surface area contributed by atoms with E-state index in [-0.39, 0.29) is 5.82 Å². The average Bonchev–Trinajstić information content (AvgIpc) is 2.67. The number of hydrogen-bond acceptors (Lipinski definition) is 1. The molecule has 0 saturated carbocycles. The van der Waals surface area contributed by atoms with Crippen molar-refractivity contribution in [2.75, 3.05) is 0 Å². The Balaban J connectivity index is 2.52. The normalized spacial score (nSPS) is 13.2. The molecule has 1 heterocycles. The second-order valence-corrected chi connectivity index (χ2v) is 4.69. The summed E-state index contributed by atoms with van der Waals surface area (Å²) < 4.78 is 15.3. The lowest BCUT2D eigenvalue weighted by Gasteiger charge is -2.12. The Kier molecular flexibility index (Phi) is 3.67. The third-order valence-corrected chi connectivity index (χ3v) is 3.34. The van der Waals surface area contributed by atoms with Gasteiger partial charge in [-0.05, 0) is 24.1 Å². The van der Waals surface area contributed by atoms with E-state index in [9.17, 15) is 4.39 Å². The van der Waals surface area contributed by atoms with Crippen LogP contribution in [0.5, 0.6) is 0 Å². The zero-order valence-corrected chi connectivity index (χ0v) is 10.8. The molecule has 0 spiro atoms. The molecule has 0 radical (unpaired) electrons. The second kappa shape index (κ2) is 5.05. The lowest BCUT2D eigenvalue weighted by molar-refractivity contribution is 0.468. The highest BCUT2D eigenvalue weighted by Gasteiger charge is 2.12. The van der Waals surface area contributed by atoms with Gasteiger partial charge in [0.1, 0.15) is 11.6 Å². The number of nitrogens with zero attached hydrogens (tertiary/aromatic N) is 2. The predicted molar refractivity (Wildman–Crippen MR) is 68.7 cm³/mol. The van der Waals surface area contributed by atoms with Gasteiger partial charge >= 0.3 is 0 Å². The van der Waals surface area contributed by atoms with Gasteiger partial charge in [-0.3, -0.25) is 0 Å². The first-order chi connectivity index (χ1) is 8.15. The van der Waals surface area contributed by atoms with E-state index in [0.717, 1.165) is 29.8 Å². The van der Waals surface area contributed by atoms with Crippen LogP contribution in [0.25, 0.3) is 11.0 Å². The molecule has 0 N–H and O–H groups in total. The average molecular weight is 255 g/mol. The van der Waals surface area contributed by atoms with Crippen LogP contribution in [0.4, 0.5) is 4.39 Å². The van der Waals surface area contributed by atoms with Crippen LogP contribution in [-0.2, 0) is 12.4 Å². The topological polar surface area (TPSA) is 17.8 Å². The quantitative estimate of drug-likeness (QED) is 0.755. The highest BCUT2D eigenvalue weighted by atomic mass is 35.5. The van der Waals surface area contributed by atoms with Crippen LogP contribution in [0, 0.1) is 11.7 Å². The lowest BCUT2D eigenvalue weighted by Crippen LogP contribution is -2.09. The molecule has 0 amide bonds. The van der Waals surface area contributed by atoms with E-state index < -0.39 is 0 Å². The molecule has 4 heteroatoms. The summed E-state index contributed by atoms with van der Waals surface area (Å²) in [5.41, 5.74) is 1.64. The molecule has 0 aliphatic rings. The highest BCUT2D eigenvalue weighted by molar-refractivity contribution is 6.16. The van der Waals surface area contributed by atoms with Gasteiger partial charge in [0.25, 0.3) is 0 Å².